The number of hydrogen-bond donors (Lipinski definition) is 3. The number of fused-ring (bicyclic) bond motifs is 1. The number of halogens is 1. The highest BCUT2D eigenvalue weighted by Crippen LogP contribution is 2.35. The van der Waals surface area contributed by atoms with Crippen molar-refractivity contribution in [3.05, 3.63) is 106 Å². The predicted molar refractivity (Wildman–Crippen MR) is 138 cm³/mol. The van der Waals surface area contributed by atoms with E-state index in [9.17, 15) is 9.90 Å². The number of aromatic nitrogens is 2. The van der Waals surface area contributed by atoms with Crippen LogP contribution in [0.5, 0.6) is 5.88 Å². The number of rotatable bonds is 7. The van der Waals surface area contributed by atoms with E-state index in [4.69, 9.17) is 11.6 Å². The number of hydrogen-bond acceptors (Lipinski definition) is 5. The number of thiophene rings is 1. The fourth-order valence-electron chi connectivity index (χ4n) is 3.84. The zero-order valence-electron chi connectivity index (χ0n) is 18.0. The molecule has 2 aromatic carbocycles. The Hall–Kier alpha value is -3.81. The Bertz CT molecular complexity index is 1460. The van der Waals surface area contributed by atoms with Gasteiger partial charge in [0.2, 0.25) is 5.88 Å². The number of benzene rings is 2. The average Bonchev–Trinajstić information content (AvgIpc) is 3.42. The molecule has 0 atom stereocenters. The quantitative estimate of drug-likeness (QED) is 0.249. The molecule has 3 heterocycles. The van der Waals surface area contributed by atoms with Crippen LogP contribution in [-0.4, -0.2) is 20.6 Å². The van der Waals surface area contributed by atoms with Crippen LogP contribution in [0.4, 0.5) is 11.5 Å². The second-order valence-corrected chi connectivity index (χ2v) is 9.51. The minimum atomic E-state index is -0.260. The summed E-state index contributed by atoms with van der Waals surface area (Å²) in [5, 5.41) is 18.7. The van der Waals surface area contributed by atoms with Gasteiger partial charge in [0.15, 0.2) is 0 Å². The number of amides is 1. The summed E-state index contributed by atoms with van der Waals surface area (Å²) in [6.07, 6.45) is 3.64. The summed E-state index contributed by atoms with van der Waals surface area (Å²) in [5.41, 5.74) is 2.72. The molecule has 3 N–H and O–H groups in total. The van der Waals surface area contributed by atoms with E-state index in [1.54, 1.807) is 29.0 Å². The van der Waals surface area contributed by atoms with E-state index in [0.717, 1.165) is 22.3 Å². The highest BCUT2D eigenvalue weighted by molar-refractivity contribution is 7.18. The fourth-order valence-corrected chi connectivity index (χ4v) is 4.78. The molecule has 0 saturated carbocycles. The number of carbonyl (C=O) groups is 1. The lowest BCUT2D eigenvalue weighted by atomic mass is 10.1. The SMILES string of the molecule is O=C(Nc1cccc2cn(Cc3cccc(CNc4ccccn4)c3)c(O)c12)c1ccc(Cl)s1. The Labute approximate surface area is 205 Å². The summed E-state index contributed by atoms with van der Waals surface area (Å²) in [4.78, 5) is 17.4. The van der Waals surface area contributed by atoms with Crippen molar-refractivity contribution in [3.63, 3.8) is 0 Å². The molecule has 0 aliphatic rings. The molecule has 0 fully saturated rings. The van der Waals surface area contributed by atoms with Gasteiger partial charge in [-0.05, 0) is 41.5 Å². The van der Waals surface area contributed by atoms with Crippen LogP contribution in [0.2, 0.25) is 4.34 Å². The smallest absolute Gasteiger partial charge is 0.265 e. The Kier molecular flexibility index (Phi) is 6.20. The first-order valence-electron chi connectivity index (χ1n) is 10.7. The van der Waals surface area contributed by atoms with Crippen LogP contribution in [-0.2, 0) is 13.1 Å². The van der Waals surface area contributed by atoms with E-state index in [-0.39, 0.29) is 11.8 Å². The predicted octanol–water partition coefficient (Wildman–Crippen LogP) is 6.37. The molecule has 0 aliphatic heterocycles. The van der Waals surface area contributed by atoms with E-state index < -0.39 is 0 Å². The molecule has 3 aromatic heterocycles. The number of aromatic hydroxyl groups is 1. The molecule has 0 unspecified atom stereocenters. The number of nitrogens with zero attached hydrogens (tertiary/aromatic N) is 2. The van der Waals surface area contributed by atoms with Crippen molar-refractivity contribution in [2.45, 2.75) is 13.1 Å². The van der Waals surface area contributed by atoms with Crippen LogP contribution >= 0.6 is 22.9 Å². The molecule has 0 aliphatic carbocycles. The molecule has 5 rings (SSSR count). The summed E-state index contributed by atoms with van der Waals surface area (Å²) < 4.78 is 2.34. The van der Waals surface area contributed by atoms with Gasteiger partial charge in [-0.3, -0.25) is 4.79 Å². The molecule has 170 valence electrons. The Morgan fingerprint density at radius 3 is 2.68 bits per heavy atom. The largest absolute Gasteiger partial charge is 0.494 e. The van der Waals surface area contributed by atoms with Gasteiger partial charge >= 0.3 is 0 Å². The maximum atomic E-state index is 12.6. The molecule has 6 nitrogen and oxygen atoms in total. The lowest BCUT2D eigenvalue weighted by Crippen LogP contribution is -2.10. The first-order chi connectivity index (χ1) is 16.6. The van der Waals surface area contributed by atoms with E-state index in [2.05, 4.69) is 27.8 Å². The summed E-state index contributed by atoms with van der Waals surface area (Å²) in [5.74, 6) is 0.665. The first-order valence-corrected chi connectivity index (χ1v) is 11.9. The zero-order valence-corrected chi connectivity index (χ0v) is 19.6. The second kappa shape index (κ2) is 9.59. The van der Waals surface area contributed by atoms with Gasteiger partial charge in [-0.15, -0.1) is 11.3 Å². The van der Waals surface area contributed by atoms with Crippen molar-refractivity contribution in [1.82, 2.24) is 9.55 Å². The van der Waals surface area contributed by atoms with Crippen molar-refractivity contribution in [1.29, 1.82) is 0 Å². The third kappa shape index (κ3) is 4.76. The standard InChI is InChI=1S/C26H21ClN4O2S/c27-22-11-10-21(34-22)25(32)30-20-8-4-7-19-16-31(26(33)24(19)20)15-18-6-3-5-17(13-18)14-29-23-9-1-2-12-28-23/h1-13,16,33H,14-15H2,(H,28,29)(H,30,32). The Morgan fingerprint density at radius 1 is 1.03 bits per heavy atom. The fraction of sp³-hybridized carbons (Fsp3) is 0.0769. The van der Waals surface area contributed by atoms with Crippen molar-refractivity contribution in [3.8, 4) is 5.88 Å². The number of nitrogens with one attached hydrogen (secondary N) is 2. The van der Waals surface area contributed by atoms with E-state index >= 15 is 0 Å². The van der Waals surface area contributed by atoms with Gasteiger partial charge in [0.05, 0.1) is 26.8 Å². The zero-order chi connectivity index (χ0) is 23.5. The van der Waals surface area contributed by atoms with Crippen molar-refractivity contribution in [2.24, 2.45) is 0 Å². The molecule has 1 amide bonds. The maximum absolute atomic E-state index is 12.6. The van der Waals surface area contributed by atoms with Crippen molar-refractivity contribution >= 4 is 51.1 Å². The third-order valence-electron chi connectivity index (χ3n) is 5.42. The average molecular weight is 489 g/mol. The molecule has 0 radical (unpaired) electrons. The third-order valence-corrected chi connectivity index (χ3v) is 6.65. The number of pyridine rings is 1. The normalized spacial score (nSPS) is 11.0. The molecule has 34 heavy (non-hydrogen) atoms. The summed E-state index contributed by atoms with van der Waals surface area (Å²) in [6.45, 7) is 1.14. The van der Waals surface area contributed by atoms with Gasteiger partial charge in [0.25, 0.3) is 5.91 Å². The molecule has 5 aromatic rings. The van der Waals surface area contributed by atoms with Crippen LogP contribution in [0.15, 0.2) is 85.2 Å². The Balaban J connectivity index is 1.36. The van der Waals surface area contributed by atoms with Gasteiger partial charge < -0.3 is 20.3 Å². The minimum absolute atomic E-state index is 0.104. The molecule has 0 spiro atoms. The number of anilines is 2. The van der Waals surface area contributed by atoms with Crippen LogP contribution in [0, 0.1) is 0 Å². The monoisotopic (exact) mass is 488 g/mol. The minimum Gasteiger partial charge on any atom is -0.494 e. The van der Waals surface area contributed by atoms with Crippen LogP contribution < -0.4 is 10.6 Å². The van der Waals surface area contributed by atoms with Crippen LogP contribution in [0.1, 0.15) is 20.8 Å². The van der Waals surface area contributed by atoms with Gasteiger partial charge in [-0.25, -0.2) is 4.98 Å². The van der Waals surface area contributed by atoms with Crippen molar-refractivity contribution < 1.29 is 9.90 Å². The molecule has 0 bridgehead atoms. The van der Waals surface area contributed by atoms with Gasteiger partial charge in [-0.2, -0.15) is 0 Å². The topological polar surface area (TPSA) is 79.2 Å². The first kappa shape index (κ1) is 22.0. The van der Waals surface area contributed by atoms with Gasteiger partial charge in [0, 0.05) is 24.3 Å². The maximum Gasteiger partial charge on any atom is 0.265 e. The van der Waals surface area contributed by atoms with Crippen molar-refractivity contribution in [2.75, 3.05) is 10.6 Å². The molecular formula is C26H21ClN4O2S. The molecular weight excluding hydrogens is 468 g/mol. The van der Waals surface area contributed by atoms with Gasteiger partial charge in [-0.1, -0.05) is 54.1 Å². The second-order valence-electron chi connectivity index (χ2n) is 7.80. The van der Waals surface area contributed by atoms with Crippen LogP contribution in [0.3, 0.4) is 0 Å². The highest BCUT2D eigenvalue weighted by Gasteiger charge is 2.16. The van der Waals surface area contributed by atoms with Crippen LogP contribution in [0.25, 0.3) is 10.8 Å². The number of carbonyl (C=O) groups excluding carboxylic acids is 1. The van der Waals surface area contributed by atoms with E-state index in [0.29, 0.717) is 33.4 Å². The van der Waals surface area contributed by atoms with Gasteiger partial charge in [0.1, 0.15) is 5.82 Å². The highest BCUT2D eigenvalue weighted by atomic mass is 35.5. The summed E-state index contributed by atoms with van der Waals surface area (Å²) >= 11 is 7.17. The molecule has 8 heteroatoms. The summed E-state index contributed by atoms with van der Waals surface area (Å²) in [7, 11) is 0. The summed E-state index contributed by atoms with van der Waals surface area (Å²) in [6, 6.07) is 22.9. The molecule has 0 saturated heterocycles. The van der Waals surface area contributed by atoms with E-state index in [1.807, 2.05) is 48.7 Å². The lowest BCUT2D eigenvalue weighted by molar-refractivity contribution is 0.103. The lowest BCUT2D eigenvalue weighted by Gasteiger charge is -2.10. The van der Waals surface area contributed by atoms with E-state index in [1.165, 1.54) is 11.3 Å². The Morgan fingerprint density at radius 2 is 1.88 bits per heavy atom.